The zero-order valence-corrected chi connectivity index (χ0v) is 10.9. The molecule has 0 heterocycles. The minimum absolute atomic E-state index is 0.112. The molecule has 0 bridgehead atoms. The number of hydrogen-bond acceptors (Lipinski definition) is 3. The third kappa shape index (κ3) is 3.10. The first-order valence-corrected chi connectivity index (χ1v) is 7.20. The van der Waals surface area contributed by atoms with Crippen LogP contribution in [0.4, 0.5) is 0 Å². The molecule has 2 atom stereocenters. The molecular formula is C10H12Cl2O3S. The number of aliphatic hydroxyl groups excluding tert-OH is 1. The molecule has 0 aliphatic rings. The second-order valence-electron chi connectivity index (χ2n) is 3.30. The van der Waals surface area contributed by atoms with Gasteiger partial charge in [-0.3, -0.25) is 0 Å². The van der Waals surface area contributed by atoms with E-state index in [0.29, 0.717) is 10.6 Å². The summed E-state index contributed by atoms with van der Waals surface area (Å²) >= 11 is 11.5. The molecule has 6 heteroatoms. The third-order valence-electron chi connectivity index (χ3n) is 2.18. The zero-order chi connectivity index (χ0) is 12.3. The zero-order valence-electron chi connectivity index (χ0n) is 8.60. The van der Waals surface area contributed by atoms with Crippen molar-refractivity contribution in [3.8, 4) is 0 Å². The van der Waals surface area contributed by atoms with Crippen molar-refractivity contribution in [1.82, 2.24) is 0 Å². The Hall–Kier alpha value is -0.290. The van der Waals surface area contributed by atoms with Crippen molar-refractivity contribution in [2.24, 2.45) is 0 Å². The van der Waals surface area contributed by atoms with Gasteiger partial charge in [-0.1, -0.05) is 30.7 Å². The predicted octanol–water partition coefficient (Wildman–Crippen LogP) is 2.37. The van der Waals surface area contributed by atoms with Crippen LogP contribution < -0.4 is 0 Å². The molecule has 0 radical (unpaired) electrons. The number of rotatable bonds is 4. The molecule has 0 saturated carbocycles. The Morgan fingerprint density at radius 2 is 2.06 bits per heavy atom. The van der Waals surface area contributed by atoms with E-state index in [2.05, 4.69) is 0 Å². The van der Waals surface area contributed by atoms with E-state index in [0.717, 1.165) is 0 Å². The maximum absolute atomic E-state index is 11.5. The summed E-state index contributed by atoms with van der Waals surface area (Å²) < 4.78 is 21.6. The standard InChI is InChI=1S/C10H12Cl2O3S/c1-2-16(14,15)10(12)9(13)7-4-3-5-8(11)6-7/h3-6,9-10,13H,2H2,1H3/t9-,10+/m1/s1. The highest BCUT2D eigenvalue weighted by Crippen LogP contribution is 2.27. The van der Waals surface area contributed by atoms with Gasteiger partial charge < -0.3 is 5.11 Å². The average Bonchev–Trinajstić information content (AvgIpc) is 2.27. The third-order valence-corrected chi connectivity index (χ3v) is 5.22. The van der Waals surface area contributed by atoms with Crippen LogP contribution in [0.1, 0.15) is 18.6 Å². The largest absolute Gasteiger partial charge is 0.386 e. The fourth-order valence-corrected chi connectivity index (χ4v) is 2.79. The molecule has 0 amide bonds. The SMILES string of the molecule is CCS(=O)(=O)[C@H](Cl)[C@H](O)c1cccc(Cl)c1. The van der Waals surface area contributed by atoms with E-state index in [9.17, 15) is 13.5 Å². The van der Waals surface area contributed by atoms with E-state index in [-0.39, 0.29) is 5.75 Å². The Morgan fingerprint density at radius 3 is 2.56 bits per heavy atom. The molecule has 1 aromatic rings. The van der Waals surface area contributed by atoms with Gasteiger partial charge in [0.2, 0.25) is 0 Å². The van der Waals surface area contributed by atoms with Crippen LogP contribution in [-0.4, -0.2) is 24.0 Å². The second kappa shape index (κ2) is 5.36. The molecule has 0 saturated heterocycles. The molecule has 0 aromatic heterocycles. The lowest BCUT2D eigenvalue weighted by atomic mass is 10.1. The predicted molar refractivity (Wildman–Crippen MR) is 65.5 cm³/mol. The van der Waals surface area contributed by atoms with E-state index in [1.54, 1.807) is 18.2 Å². The van der Waals surface area contributed by atoms with Crippen LogP contribution in [0.2, 0.25) is 5.02 Å². The van der Waals surface area contributed by atoms with Crippen molar-refractivity contribution in [1.29, 1.82) is 0 Å². The van der Waals surface area contributed by atoms with Gasteiger partial charge in [-0.25, -0.2) is 8.42 Å². The summed E-state index contributed by atoms with van der Waals surface area (Å²) in [4.78, 5) is 0. The Balaban J connectivity index is 2.99. The Kier molecular flexibility index (Phi) is 4.62. The Morgan fingerprint density at radius 1 is 1.44 bits per heavy atom. The molecule has 0 unspecified atom stereocenters. The van der Waals surface area contributed by atoms with Gasteiger partial charge in [-0.05, 0) is 17.7 Å². The Bertz CT molecular complexity index is 459. The number of alkyl halides is 1. The molecular weight excluding hydrogens is 271 g/mol. The fourth-order valence-electron chi connectivity index (χ4n) is 1.20. The van der Waals surface area contributed by atoms with E-state index in [4.69, 9.17) is 23.2 Å². The summed E-state index contributed by atoms with van der Waals surface area (Å²) in [5.41, 5.74) is 0.393. The number of benzene rings is 1. The molecule has 0 aliphatic carbocycles. The maximum Gasteiger partial charge on any atom is 0.169 e. The molecule has 0 aliphatic heterocycles. The number of sulfone groups is 1. The minimum atomic E-state index is -3.49. The molecule has 0 spiro atoms. The molecule has 16 heavy (non-hydrogen) atoms. The van der Waals surface area contributed by atoms with Gasteiger partial charge in [0.25, 0.3) is 0 Å². The highest BCUT2D eigenvalue weighted by molar-refractivity contribution is 7.93. The summed E-state index contributed by atoms with van der Waals surface area (Å²) in [6.07, 6.45) is -1.27. The first-order valence-electron chi connectivity index (χ1n) is 4.67. The smallest absolute Gasteiger partial charge is 0.169 e. The van der Waals surface area contributed by atoms with Crippen molar-refractivity contribution < 1.29 is 13.5 Å². The van der Waals surface area contributed by atoms with Gasteiger partial charge in [0, 0.05) is 10.8 Å². The van der Waals surface area contributed by atoms with Gasteiger partial charge in [0.1, 0.15) is 6.10 Å². The summed E-state index contributed by atoms with van der Waals surface area (Å²) in [5.74, 6) is -0.112. The maximum atomic E-state index is 11.5. The summed E-state index contributed by atoms with van der Waals surface area (Å²) in [5, 5.41) is 10.2. The van der Waals surface area contributed by atoms with Crippen molar-refractivity contribution in [2.75, 3.05) is 5.75 Å². The molecule has 1 N–H and O–H groups in total. The number of hydrogen-bond donors (Lipinski definition) is 1. The van der Waals surface area contributed by atoms with Crippen molar-refractivity contribution >= 4 is 33.0 Å². The van der Waals surface area contributed by atoms with Gasteiger partial charge in [0.15, 0.2) is 14.5 Å². The van der Waals surface area contributed by atoms with Crippen LogP contribution in [0.3, 0.4) is 0 Å². The monoisotopic (exact) mass is 282 g/mol. The van der Waals surface area contributed by atoms with Crippen LogP contribution in [-0.2, 0) is 9.84 Å². The van der Waals surface area contributed by atoms with E-state index in [1.165, 1.54) is 13.0 Å². The summed E-state index contributed by atoms with van der Waals surface area (Å²) in [7, 11) is -3.49. The van der Waals surface area contributed by atoms with Crippen molar-refractivity contribution in [3.05, 3.63) is 34.9 Å². The molecule has 3 nitrogen and oxygen atoms in total. The van der Waals surface area contributed by atoms with Gasteiger partial charge in [-0.2, -0.15) is 0 Å². The van der Waals surface area contributed by atoms with Crippen LogP contribution in [0.25, 0.3) is 0 Å². The van der Waals surface area contributed by atoms with Gasteiger partial charge in [-0.15, -0.1) is 11.6 Å². The molecule has 1 aromatic carbocycles. The van der Waals surface area contributed by atoms with Crippen molar-refractivity contribution in [2.45, 2.75) is 17.7 Å². The van der Waals surface area contributed by atoms with E-state index < -0.39 is 20.7 Å². The van der Waals surface area contributed by atoms with Gasteiger partial charge >= 0.3 is 0 Å². The lowest BCUT2D eigenvalue weighted by molar-refractivity contribution is 0.191. The fraction of sp³-hybridized carbons (Fsp3) is 0.400. The highest BCUT2D eigenvalue weighted by Gasteiger charge is 2.29. The van der Waals surface area contributed by atoms with E-state index >= 15 is 0 Å². The van der Waals surface area contributed by atoms with Gasteiger partial charge in [0.05, 0.1) is 0 Å². The topological polar surface area (TPSA) is 54.4 Å². The first-order chi connectivity index (χ1) is 7.38. The number of halogens is 2. The summed E-state index contributed by atoms with van der Waals surface area (Å²) in [6.45, 7) is 1.48. The normalized spacial score (nSPS) is 15.8. The second-order valence-corrected chi connectivity index (χ2v) is 6.88. The minimum Gasteiger partial charge on any atom is -0.386 e. The highest BCUT2D eigenvalue weighted by atomic mass is 35.5. The average molecular weight is 283 g/mol. The lowest BCUT2D eigenvalue weighted by Crippen LogP contribution is -2.24. The first kappa shape index (κ1) is 13.8. The lowest BCUT2D eigenvalue weighted by Gasteiger charge is -2.17. The number of aliphatic hydroxyl groups is 1. The van der Waals surface area contributed by atoms with Crippen LogP contribution >= 0.6 is 23.2 Å². The van der Waals surface area contributed by atoms with Crippen molar-refractivity contribution in [3.63, 3.8) is 0 Å². The van der Waals surface area contributed by atoms with Crippen LogP contribution in [0.5, 0.6) is 0 Å². The summed E-state index contributed by atoms with van der Waals surface area (Å²) in [6, 6.07) is 6.34. The quantitative estimate of drug-likeness (QED) is 0.863. The van der Waals surface area contributed by atoms with Crippen LogP contribution in [0, 0.1) is 0 Å². The molecule has 1 rings (SSSR count). The molecule has 90 valence electrons. The van der Waals surface area contributed by atoms with Crippen LogP contribution in [0.15, 0.2) is 24.3 Å². The van der Waals surface area contributed by atoms with E-state index in [1.807, 2.05) is 0 Å². The molecule has 0 fully saturated rings. The Labute approximate surface area is 105 Å².